The standard InChI is InChI=1S/C26H25ClN2O2/c1-31-17-16-29(26(30)24-13-6-10-20-8-2-4-12-23(20)24)19-22-11-7-15-28(22)18-21-9-3-5-14-25(21)27/h2-15H,16-19H2,1H3. The van der Waals surface area contributed by atoms with Crippen LogP contribution in [0.4, 0.5) is 0 Å². The normalized spacial score (nSPS) is 11.0. The number of hydrogen-bond acceptors (Lipinski definition) is 2. The third-order valence-electron chi connectivity index (χ3n) is 5.45. The molecule has 0 saturated carbocycles. The minimum absolute atomic E-state index is 0.000608. The molecule has 0 N–H and O–H groups in total. The highest BCUT2D eigenvalue weighted by atomic mass is 35.5. The molecule has 0 aliphatic heterocycles. The summed E-state index contributed by atoms with van der Waals surface area (Å²) in [6.45, 7) is 2.13. The van der Waals surface area contributed by atoms with E-state index in [4.69, 9.17) is 16.3 Å². The molecule has 1 amide bonds. The Morgan fingerprint density at radius 3 is 2.58 bits per heavy atom. The number of rotatable bonds is 8. The number of ether oxygens (including phenoxy) is 1. The zero-order valence-electron chi connectivity index (χ0n) is 17.5. The van der Waals surface area contributed by atoms with E-state index in [0.29, 0.717) is 31.8 Å². The summed E-state index contributed by atoms with van der Waals surface area (Å²) in [5.74, 6) is -0.000608. The smallest absolute Gasteiger partial charge is 0.254 e. The van der Waals surface area contributed by atoms with E-state index in [2.05, 4.69) is 4.57 Å². The molecule has 0 spiro atoms. The molecule has 0 unspecified atom stereocenters. The zero-order chi connectivity index (χ0) is 21.6. The van der Waals surface area contributed by atoms with Gasteiger partial charge in [-0.1, -0.05) is 66.2 Å². The summed E-state index contributed by atoms with van der Waals surface area (Å²) in [4.78, 5) is 15.4. The van der Waals surface area contributed by atoms with Crippen LogP contribution in [-0.2, 0) is 17.8 Å². The maximum Gasteiger partial charge on any atom is 0.254 e. The predicted octanol–water partition coefficient (Wildman–Crippen LogP) is 5.63. The number of nitrogens with zero attached hydrogens (tertiary/aromatic N) is 2. The highest BCUT2D eigenvalue weighted by Crippen LogP contribution is 2.22. The fourth-order valence-corrected chi connectivity index (χ4v) is 3.98. The Labute approximate surface area is 187 Å². The predicted molar refractivity (Wildman–Crippen MR) is 126 cm³/mol. The lowest BCUT2D eigenvalue weighted by molar-refractivity contribution is 0.0678. The van der Waals surface area contributed by atoms with Gasteiger partial charge in [-0.3, -0.25) is 4.79 Å². The maximum absolute atomic E-state index is 13.6. The van der Waals surface area contributed by atoms with Gasteiger partial charge < -0.3 is 14.2 Å². The summed E-state index contributed by atoms with van der Waals surface area (Å²) in [5.41, 5.74) is 2.80. The summed E-state index contributed by atoms with van der Waals surface area (Å²) < 4.78 is 7.42. The lowest BCUT2D eigenvalue weighted by Crippen LogP contribution is -2.34. The molecule has 0 aliphatic rings. The van der Waals surface area contributed by atoms with Crippen LogP contribution in [0.15, 0.2) is 85.1 Å². The van der Waals surface area contributed by atoms with Gasteiger partial charge in [0, 0.05) is 42.7 Å². The third kappa shape index (κ3) is 4.82. The number of aromatic nitrogens is 1. The fraction of sp³-hybridized carbons (Fsp3) is 0.192. The Morgan fingerprint density at radius 1 is 0.968 bits per heavy atom. The van der Waals surface area contributed by atoms with Crippen molar-refractivity contribution in [2.45, 2.75) is 13.1 Å². The van der Waals surface area contributed by atoms with Crippen LogP contribution in [0.5, 0.6) is 0 Å². The van der Waals surface area contributed by atoms with Gasteiger partial charge >= 0.3 is 0 Å². The molecule has 0 saturated heterocycles. The highest BCUT2D eigenvalue weighted by molar-refractivity contribution is 6.31. The van der Waals surface area contributed by atoms with Gasteiger partial charge in [-0.15, -0.1) is 0 Å². The topological polar surface area (TPSA) is 34.5 Å². The van der Waals surface area contributed by atoms with Crippen LogP contribution in [0.3, 0.4) is 0 Å². The number of hydrogen-bond donors (Lipinski definition) is 0. The van der Waals surface area contributed by atoms with Crippen LogP contribution in [-0.4, -0.2) is 35.6 Å². The summed E-state index contributed by atoms with van der Waals surface area (Å²) in [5, 5.41) is 2.76. The molecule has 158 valence electrons. The van der Waals surface area contributed by atoms with Crippen LogP contribution in [0.25, 0.3) is 10.8 Å². The zero-order valence-corrected chi connectivity index (χ0v) is 18.3. The molecule has 5 heteroatoms. The molecule has 4 nitrogen and oxygen atoms in total. The van der Waals surface area contributed by atoms with Crippen molar-refractivity contribution in [3.8, 4) is 0 Å². The number of amides is 1. The minimum atomic E-state index is -0.000608. The van der Waals surface area contributed by atoms with E-state index in [0.717, 1.165) is 27.1 Å². The summed E-state index contributed by atoms with van der Waals surface area (Å²) in [7, 11) is 1.65. The van der Waals surface area contributed by atoms with Crippen LogP contribution in [0, 0.1) is 0 Å². The van der Waals surface area contributed by atoms with Gasteiger partial charge in [0.1, 0.15) is 0 Å². The van der Waals surface area contributed by atoms with Crippen molar-refractivity contribution in [3.63, 3.8) is 0 Å². The lowest BCUT2D eigenvalue weighted by atomic mass is 10.0. The van der Waals surface area contributed by atoms with Crippen LogP contribution >= 0.6 is 11.6 Å². The first kappa shape index (κ1) is 21.2. The summed E-state index contributed by atoms with van der Waals surface area (Å²) in [6.07, 6.45) is 2.02. The first-order chi connectivity index (χ1) is 15.2. The second-order valence-corrected chi connectivity index (χ2v) is 7.87. The molecule has 4 aromatic rings. The van der Waals surface area contributed by atoms with Crippen molar-refractivity contribution in [2.75, 3.05) is 20.3 Å². The number of halogens is 1. The van der Waals surface area contributed by atoms with Crippen LogP contribution in [0.2, 0.25) is 5.02 Å². The molecule has 31 heavy (non-hydrogen) atoms. The van der Waals surface area contributed by atoms with Gasteiger partial charge in [-0.05, 0) is 40.6 Å². The van der Waals surface area contributed by atoms with E-state index in [1.165, 1.54) is 0 Å². The maximum atomic E-state index is 13.6. The van der Waals surface area contributed by atoms with Gasteiger partial charge in [0.25, 0.3) is 5.91 Å². The number of fused-ring (bicyclic) bond motifs is 1. The van der Waals surface area contributed by atoms with Crippen molar-refractivity contribution in [1.82, 2.24) is 9.47 Å². The minimum Gasteiger partial charge on any atom is -0.383 e. The summed E-state index contributed by atoms with van der Waals surface area (Å²) >= 11 is 6.36. The second-order valence-electron chi connectivity index (χ2n) is 7.47. The van der Waals surface area contributed by atoms with Gasteiger partial charge in [0.2, 0.25) is 0 Å². The molecule has 0 bridgehead atoms. The Balaban J connectivity index is 1.62. The monoisotopic (exact) mass is 432 g/mol. The number of carbonyl (C=O) groups excluding carboxylic acids is 1. The molecule has 3 aromatic carbocycles. The van der Waals surface area contributed by atoms with Crippen molar-refractivity contribution in [2.24, 2.45) is 0 Å². The van der Waals surface area contributed by atoms with E-state index in [1.807, 2.05) is 90.0 Å². The van der Waals surface area contributed by atoms with Gasteiger partial charge in [0.15, 0.2) is 0 Å². The highest BCUT2D eigenvalue weighted by Gasteiger charge is 2.19. The molecule has 1 heterocycles. The van der Waals surface area contributed by atoms with E-state index < -0.39 is 0 Å². The molecular formula is C26H25ClN2O2. The first-order valence-electron chi connectivity index (χ1n) is 10.3. The first-order valence-corrected chi connectivity index (χ1v) is 10.7. The van der Waals surface area contributed by atoms with E-state index >= 15 is 0 Å². The molecule has 0 atom stereocenters. The fourth-order valence-electron chi connectivity index (χ4n) is 3.79. The van der Waals surface area contributed by atoms with E-state index in [-0.39, 0.29) is 5.91 Å². The van der Waals surface area contributed by atoms with Crippen LogP contribution < -0.4 is 0 Å². The quantitative estimate of drug-likeness (QED) is 0.361. The van der Waals surface area contributed by atoms with Crippen molar-refractivity contribution in [3.05, 3.63) is 107 Å². The Morgan fingerprint density at radius 2 is 1.74 bits per heavy atom. The van der Waals surface area contributed by atoms with Gasteiger partial charge in [-0.2, -0.15) is 0 Å². The largest absolute Gasteiger partial charge is 0.383 e. The third-order valence-corrected chi connectivity index (χ3v) is 5.82. The Hall–Kier alpha value is -3.08. The average molecular weight is 433 g/mol. The van der Waals surface area contributed by atoms with E-state index in [9.17, 15) is 4.79 Å². The molecule has 1 aromatic heterocycles. The number of benzene rings is 3. The van der Waals surface area contributed by atoms with E-state index in [1.54, 1.807) is 7.11 Å². The summed E-state index contributed by atoms with van der Waals surface area (Å²) in [6, 6.07) is 25.7. The molecule has 4 rings (SSSR count). The van der Waals surface area contributed by atoms with Crippen LogP contribution in [0.1, 0.15) is 21.6 Å². The van der Waals surface area contributed by atoms with Gasteiger partial charge in [-0.25, -0.2) is 0 Å². The Kier molecular flexibility index (Phi) is 6.70. The number of methoxy groups -OCH3 is 1. The average Bonchev–Trinajstić information content (AvgIpc) is 3.23. The van der Waals surface area contributed by atoms with Crippen molar-refractivity contribution < 1.29 is 9.53 Å². The molecule has 0 aliphatic carbocycles. The number of carbonyl (C=O) groups is 1. The van der Waals surface area contributed by atoms with Crippen molar-refractivity contribution >= 4 is 28.3 Å². The second kappa shape index (κ2) is 9.82. The lowest BCUT2D eigenvalue weighted by Gasteiger charge is -2.24. The van der Waals surface area contributed by atoms with Gasteiger partial charge in [0.05, 0.1) is 13.2 Å². The molecule has 0 fully saturated rings. The molecule has 0 radical (unpaired) electrons. The SMILES string of the molecule is COCCN(Cc1cccn1Cc1ccccc1Cl)C(=O)c1cccc2ccccc12. The Bertz CT molecular complexity index is 1180. The van der Waals surface area contributed by atoms with Crippen molar-refractivity contribution in [1.29, 1.82) is 0 Å². The molecular weight excluding hydrogens is 408 g/mol.